The number of carbonyl (C=O) groups is 1. The molecule has 0 aromatic rings. The smallest absolute Gasteiger partial charge is 0.409 e. The van der Waals surface area contributed by atoms with Gasteiger partial charge in [-0.2, -0.15) is 0 Å². The number of carbonyl (C=O) groups excluding carboxylic acids is 1. The quantitative estimate of drug-likeness (QED) is 0.815. The summed E-state index contributed by atoms with van der Waals surface area (Å²) in [5, 5.41) is 7.77. The van der Waals surface area contributed by atoms with E-state index >= 15 is 0 Å². The van der Waals surface area contributed by atoms with Crippen LogP contribution in [-0.4, -0.2) is 60.4 Å². The zero-order valence-electron chi connectivity index (χ0n) is 13.4. The summed E-state index contributed by atoms with van der Waals surface area (Å²) in [7, 11) is 0. The molecule has 120 valence electrons. The molecule has 0 aromatic carbocycles. The van der Waals surface area contributed by atoms with Crippen LogP contribution in [0.3, 0.4) is 0 Å². The van der Waals surface area contributed by atoms with Crippen LogP contribution < -0.4 is 0 Å². The van der Waals surface area contributed by atoms with Crippen LogP contribution in [0.5, 0.6) is 0 Å². The van der Waals surface area contributed by atoms with Gasteiger partial charge in [0.2, 0.25) is 0 Å². The third-order valence-electron chi connectivity index (χ3n) is 4.88. The number of piperidine rings is 1. The molecule has 1 atom stereocenters. The van der Waals surface area contributed by atoms with Crippen LogP contribution in [0.15, 0.2) is 0 Å². The van der Waals surface area contributed by atoms with Crippen molar-refractivity contribution in [3.05, 3.63) is 0 Å². The van der Waals surface area contributed by atoms with E-state index in [0.29, 0.717) is 18.6 Å². The van der Waals surface area contributed by atoms with Gasteiger partial charge in [-0.1, -0.05) is 0 Å². The highest BCUT2D eigenvalue weighted by molar-refractivity contribution is 5.81. The van der Waals surface area contributed by atoms with Crippen molar-refractivity contribution in [2.75, 3.05) is 32.8 Å². The van der Waals surface area contributed by atoms with Crippen LogP contribution in [0, 0.1) is 11.3 Å². The van der Waals surface area contributed by atoms with Gasteiger partial charge in [0.05, 0.1) is 6.61 Å². The van der Waals surface area contributed by atoms with E-state index in [4.69, 9.17) is 10.1 Å². The zero-order valence-corrected chi connectivity index (χ0v) is 13.4. The summed E-state index contributed by atoms with van der Waals surface area (Å²) >= 11 is 0. The molecule has 0 radical (unpaired) electrons. The lowest BCUT2D eigenvalue weighted by Gasteiger charge is -2.37. The van der Waals surface area contributed by atoms with E-state index in [9.17, 15) is 4.79 Å². The first kappa shape index (κ1) is 16.3. The molecule has 0 aromatic heterocycles. The van der Waals surface area contributed by atoms with Crippen LogP contribution in [0.1, 0.15) is 46.0 Å². The Bertz CT molecular complexity index is 365. The molecule has 5 heteroatoms. The maximum absolute atomic E-state index is 11.8. The van der Waals surface area contributed by atoms with Gasteiger partial charge in [-0.15, -0.1) is 0 Å². The minimum absolute atomic E-state index is 0.156. The summed E-state index contributed by atoms with van der Waals surface area (Å²) in [4.78, 5) is 16.3. The van der Waals surface area contributed by atoms with E-state index in [1.165, 1.54) is 6.42 Å². The first-order valence-corrected chi connectivity index (χ1v) is 8.32. The molecule has 1 unspecified atom stereocenters. The molecule has 0 bridgehead atoms. The Morgan fingerprint density at radius 2 is 1.86 bits per heavy atom. The molecule has 1 N–H and O–H groups in total. The minimum Gasteiger partial charge on any atom is -0.450 e. The normalized spacial score (nSPS) is 25.4. The van der Waals surface area contributed by atoms with Gasteiger partial charge >= 0.3 is 6.09 Å². The zero-order chi connectivity index (χ0) is 15.2. The van der Waals surface area contributed by atoms with Gasteiger partial charge in [0.1, 0.15) is 0 Å². The van der Waals surface area contributed by atoms with Gasteiger partial charge in [-0.25, -0.2) is 4.79 Å². The Balaban J connectivity index is 1.81. The highest BCUT2D eigenvalue weighted by Crippen LogP contribution is 2.24. The molecule has 0 spiro atoms. The SMILES string of the molecule is CCOC(=O)N1CCCC(N2CCC(C(C)=N)CC2)CC1. The second-order valence-electron chi connectivity index (χ2n) is 6.26. The van der Waals surface area contributed by atoms with Crippen LogP contribution in [0.25, 0.3) is 0 Å². The number of nitrogens with zero attached hydrogens (tertiary/aromatic N) is 2. The Kier molecular flexibility index (Phi) is 6.03. The fourth-order valence-electron chi connectivity index (χ4n) is 3.54. The van der Waals surface area contributed by atoms with Crippen LogP contribution in [0.4, 0.5) is 4.79 Å². The number of ether oxygens (including phenoxy) is 1. The van der Waals surface area contributed by atoms with Gasteiger partial charge in [-0.3, -0.25) is 0 Å². The number of hydrogen-bond donors (Lipinski definition) is 1. The van der Waals surface area contributed by atoms with Gasteiger partial charge in [-0.05, 0) is 65.0 Å². The van der Waals surface area contributed by atoms with Crippen molar-refractivity contribution in [2.24, 2.45) is 5.92 Å². The summed E-state index contributed by atoms with van der Waals surface area (Å²) in [6.45, 7) is 8.08. The van der Waals surface area contributed by atoms with Crippen LogP contribution in [-0.2, 0) is 4.74 Å². The van der Waals surface area contributed by atoms with Crippen molar-refractivity contribution >= 4 is 11.8 Å². The first-order chi connectivity index (χ1) is 10.1. The molecular weight excluding hydrogens is 266 g/mol. The van der Waals surface area contributed by atoms with Crippen molar-refractivity contribution in [3.8, 4) is 0 Å². The van der Waals surface area contributed by atoms with E-state index < -0.39 is 0 Å². The Morgan fingerprint density at radius 3 is 2.48 bits per heavy atom. The number of nitrogens with one attached hydrogen (secondary N) is 1. The Hall–Kier alpha value is -1.10. The van der Waals surface area contributed by atoms with Crippen molar-refractivity contribution in [2.45, 2.75) is 52.0 Å². The first-order valence-electron chi connectivity index (χ1n) is 8.32. The molecule has 2 heterocycles. The average Bonchev–Trinajstić information content (AvgIpc) is 2.73. The van der Waals surface area contributed by atoms with E-state index in [1.54, 1.807) is 0 Å². The molecule has 2 fully saturated rings. The largest absolute Gasteiger partial charge is 0.450 e. The molecule has 0 aliphatic carbocycles. The van der Waals surface area contributed by atoms with Gasteiger partial charge in [0, 0.05) is 24.8 Å². The number of rotatable bonds is 3. The van der Waals surface area contributed by atoms with Crippen LogP contribution >= 0.6 is 0 Å². The summed E-state index contributed by atoms with van der Waals surface area (Å²) in [6, 6.07) is 0.594. The number of amides is 1. The van der Waals surface area contributed by atoms with E-state index in [1.807, 2.05) is 18.7 Å². The molecule has 2 rings (SSSR count). The predicted octanol–water partition coefficient (Wildman–Crippen LogP) is 2.75. The van der Waals surface area contributed by atoms with Crippen molar-refractivity contribution in [1.82, 2.24) is 9.80 Å². The molecule has 2 saturated heterocycles. The van der Waals surface area contributed by atoms with Crippen LogP contribution in [0.2, 0.25) is 0 Å². The third kappa shape index (κ3) is 4.43. The topological polar surface area (TPSA) is 56.6 Å². The number of hydrogen-bond acceptors (Lipinski definition) is 4. The summed E-state index contributed by atoms with van der Waals surface area (Å²) in [6.07, 6.45) is 5.36. The highest BCUT2D eigenvalue weighted by Gasteiger charge is 2.28. The summed E-state index contributed by atoms with van der Waals surface area (Å²) < 4.78 is 5.11. The molecule has 5 nitrogen and oxygen atoms in total. The second kappa shape index (κ2) is 7.78. The molecule has 2 aliphatic heterocycles. The van der Waals surface area contributed by atoms with Gasteiger partial charge < -0.3 is 19.9 Å². The molecule has 21 heavy (non-hydrogen) atoms. The lowest BCUT2D eigenvalue weighted by atomic mass is 9.91. The standard InChI is InChI=1S/C16H29N3O2/c1-3-21-16(20)19-9-4-5-15(8-12-19)18-10-6-14(7-11-18)13(2)17/h14-15,17H,3-12H2,1-2H3. The third-order valence-corrected chi connectivity index (χ3v) is 4.88. The molecule has 0 saturated carbocycles. The fourth-order valence-corrected chi connectivity index (χ4v) is 3.54. The summed E-state index contributed by atoms with van der Waals surface area (Å²) in [5.74, 6) is 0.489. The lowest BCUT2D eigenvalue weighted by molar-refractivity contribution is 0.105. The second-order valence-corrected chi connectivity index (χ2v) is 6.26. The minimum atomic E-state index is -0.156. The van der Waals surface area contributed by atoms with E-state index in [2.05, 4.69) is 4.90 Å². The molecule has 2 aliphatic rings. The Labute approximate surface area is 128 Å². The fraction of sp³-hybridized carbons (Fsp3) is 0.875. The monoisotopic (exact) mass is 295 g/mol. The number of likely N-dealkylation sites (tertiary alicyclic amines) is 2. The summed E-state index contributed by atoms with van der Waals surface area (Å²) in [5.41, 5.74) is 0.837. The predicted molar refractivity (Wildman–Crippen MR) is 83.9 cm³/mol. The Morgan fingerprint density at radius 1 is 1.14 bits per heavy atom. The molecule has 1 amide bonds. The van der Waals surface area contributed by atoms with Crippen molar-refractivity contribution in [1.29, 1.82) is 5.41 Å². The lowest BCUT2D eigenvalue weighted by Crippen LogP contribution is -2.43. The van der Waals surface area contributed by atoms with Gasteiger partial charge in [0.15, 0.2) is 0 Å². The van der Waals surface area contributed by atoms with Gasteiger partial charge in [0.25, 0.3) is 0 Å². The maximum atomic E-state index is 11.8. The average molecular weight is 295 g/mol. The van der Waals surface area contributed by atoms with Crippen molar-refractivity contribution in [3.63, 3.8) is 0 Å². The highest BCUT2D eigenvalue weighted by atomic mass is 16.6. The molecular formula is C16H29N3O2. The van der Waals surface area contributed by atoms with E-state index in [-0.39, 0.29) is 6.09 Å². The maximum Gasteiger partial charge on any atom is 0.409 e. The van der Waals surface area contributed by atoms with Crippen molar-refractivity contribution < 1.29 is 9.53 Å². The van der Waals surface area contributed by atoms with E-state index in [0.717, 1.165) is 57.6 Å².